The van der Waals surface area contributed by atoms with E-state index in [2.05, 4.69) is 5.32 Å². The molecule has 22 heavy (non-hydrogen) atoms. The van der Waals surface area contributed by atoms with E-state index in [4.69, 9.17) is 9.84 Å². The number of hydrogen-bond acceptors (Lipinski definition) is 3. The fourth-order valence-electron chi connectivity index (χ4n) is 2.84. The molecule has 1 aromatic rings. The first kappa shape index (κ1) is 16.8. The smallest absolute Gasteiger partial charge is 0.251 e. The molecule has 1 saturated carbocycles. The number of rotatable bonds is 7. The van der Waals surface area contributed by atoms with Crippen LogP contribution in [0.15, 0.2) is 24.3 Å². The molecule has 1 fully saturated rings. The Morgan fingerprint density at radius 3 is 2.59 bits per heavy atom. The summed E-state index contributed by atoms with van der Waals surface area (Å²) in [7, 11) is 0. The SMILES string of the molecule is CC(CCCO)NC(=O)c1ccc(OC2CCCCC2)cc1. The van der Waals surface area contributed by atoms with Crippen LogP contribution in [0.1, 0.15) is 62.2 Å². The second-order valence-corrected chi connectivity index (χ2v) is 6.14. The fourth-order valence-corrected chi connectivity index (χ4v) is 2.84. The molecular weight excluding hydrogens is 278 g/mol. The average molecular weight is 305 g/mol. The molecule has 0 aromatic heterocycles. The molecule has 1 unspecified atom stereocenters. The molecule has 122 valence electrons. The van der Waals surface area contributed by atoms with Crippen molar-refractivity contribution in [3.8, 4) is 5.75 Å². The highest BCUT2D eigenvalue weighted by Gasteiger charge is 2.15. The largest absolute Gasteiger partial charge is 0.490 e. The van der Waals surface area contributed by atoms with Gasteiger partial charge in [-0.1, -0.05) is 6.42 Å². The summed E-state index contributed by atoms with van der Waals surface area (Å²) in [5.74, 6) is 0.770. The highest BCUT2D eigenvalue weighted by atomic mass is 16.5. The number of aliphatic hydroxyl groups is 1. The minimum Gasteiger partial charge on any atom is -0.490 e. The van der Waals surface area contributed by atoms with Crippen molar-refractivity contribution in [2.24, 2.45) is 0 Å². The van der Waals surface area contributed by atoms with Gasteiger partial charge in [-0.2, -0.15) is 0 Å². The molecule has 1 atom stereocenters. The maximum atomic E-state index is 12.1. The monoisotopic (exact) mass is 305 g/mol. The van der Waals surface area contributed by atoms with Crippen molar-refractivity contribution in [1.29, 1.82) is 0 Å². The Balaban J connectivity index is 1.83. The summed E-state index contributed by atoms with van der Waals surface area (Å²) in [6.07, 6.45) is 7.88. The highest BCUT2D eigenvalue weighted by Crippen LogP contribution is 2.23. The Bertz CT molecular complexity index is 452. The van der Waals surface area contributed by atoms with E-state index in [9.17, 15) is 4.79 Å². The lowest BCUT2D eigenvalue weighted by Gasteiger charge is -2.23. The van der Waals surface area contributed by atoms with Gasteiger partial charge in [0, 0.05) is 18.2 Å². The minimum atomic E-state index is -0.0744. The van der Waals surface area contributed by atoms with Crippen molar-refractivity contribution in [2.45, 2.75) is 64.0 Å². The Morgan fingerprint density at radius 1 is 1.27 bits per heavy atom. The number of benzene rings is 1. The normalized spacial score (nSPS) is 17.0. The molecule has 2 rings (SSSR count). The Labute approximate surface area is 132 Å². The first-order valence-electron chi connectivity index (χ1n) is 8.37. The summed E-state index contributed by atoms with van der Waals surface area (Å²) in [4.78, 5) is 12.1. The van der Waals surface area contributed by atoms with Crippen LogP contribution in [0.2, 0.25) is 0 Å². The van der Waals surface area contributed by atoms with E-state index < -0.39 is 0 Å². The van der Waals surface area contributed by atoms with Crippen LogP contribution in [0.25, 0.3) is 0 Å². The summed E-state index contributed by atoms with van der Waals surface area (Å²) in [5.41, 5.74) is 0.645. The third-order valence-corrected chi connectivity index (χ3v) is 4.14. The molecule has 2 N–H and O–H groups in total. The van der Waals surface area contributed by atoms with Crippen LogP contribution < -0.4 is 10.1 Å². The standard InChI is InChI=1S/C18H27NO3/c1-14(6-5-13-20)19-18(21)15-9-11-17(12-10-15)22-16-7-3-2-4-8-16/h9-12,14,16,20H,2-8,13H2,1H3,(H,19,21). The van der Waals surface area contributed by atoms with Gasteiger partial charge in [0.2, 0.25) is 0 Å². The van der Waals surface area contributed by atoms with Gasteiger partial charge in [0.25, 0.3) is 5.91 Å². The lowest BCUT2D eigenvalue weighted by molar-refractivity contribution is 0.0936. The third kappa shape index (κ3) is 5.34. The van der Waals surface area contributed by atoms with E-state index >= 15 is 0 Å². The Kier molecular flexibility index (Phi) is 6.72. The second kappa shape index (κ2) is 8.79. The molecule has 0 aliphatic heterocycles. The van der Waals surface area contributed by atoms with Crippen LogP contribution in [-0.4, -0.2) is 29.8 Å². The van der Waals surface area contributed by atoms with Crippen LogP contribution in [0.4, 0.5) is 0 Å². The van der Waals surface area contributed by atoms with Crippen molar-refractivity contribution in [3.05, 3.63) is 29.8 Å². The summed E-state index contributed by atoms with van der Waals surface area (Å²) >= 11 is 0. The number of carbonyl (C=O) groups is 1. The predicted octanol–water partition coefficient (Wildman–Crippen LogP) is 3.29. The molecule has 4 nitrogen and oxygen atoms in total. The van der Waals surface area contributed by atoms with Gasteiger partial charge in [-0.05, 0) is 69.7 Å². The molecule has 0 radical (unpaired) electrons. The van der Waals surface area contributed by atoms with E-state index in [0.29, 0.717) is 18.1 Å². The van der Waals surface area contributed by atoms with Crippen molar-refractivity contribution < 1.29 is 14.6 Å². The zero-order chi connectivity index (χ0) is 15.8. The lowest BCUT2D eigenvalue weighted by Crippen LogP contribution is -2.32. The van der Waals surface area contributed by atoms with Gasteiger partial charge in [-0.25, -0.2) is 0 Å². The average Bonchev–Trinajstić information content (AvgIpc) is 2.54. The van der Waals surface area contributed by atoms with E-state index in [-0.39, 0.29) is 18.6 Å². The molecule has 1 aliphatic carbocycles. The van der Waals surface area contributed by atoms with E-state index in [0.717, 1.165) is 25.0 Å². The number of ether oxygens (including phenoxy) is 1. The van der Waals surface area contributed by atoms with Gasteiger partial charge in [0.05, 0.1) is 6.10 Å². The van der Waals surface area contributed by atoms with E-state index in [1.165, 1.54) is 19.3 Å². The Hall–Kier alpha value is -1.55. The zero-order valence-electron chi connectivity index (χ0n) is 13.4. The second-order valence-electron chi connectivity index (χ2n) is 6.14. The van der Waals surface area contributed by atoms with Gasteiger partial charge in [-0.15, -0.1) is 0 Å². The maximum Gasteiger partial charge on any atom is 0.251 e. The van der Waals surface area contributed by atoms with E-state index in [1.807, 2.05) is 31.2 Å². The Morgan fingerprint density at radius 2 is 1.95 bits per heavy atom. The van der Waals surface area contributed by atoms with Gasteiger partial charge in [0.1, 0.15) is 5.75 Å². The molecule has 1 amide bonds. The summed E-state index contributed by atoms with van der Waals surface area (Å²) in [6, 6.07) is 7.44. The van der Waals surface area contributed by atoms with Crippen LogP contribution in [-0.2, 0) is 0 Å². The number of hydrogen-bond donors (Lipinski definition) is 2. The van der Waals surface area contributed by atoms with Gasteiger partial charge >= 0.3 is 0 Å². The zero-order valence-corrected chi connectivity index (χ0v) is 13.4. The number of carbonyl (C=O) groups excluding carboxylic acids is 1. The topological polar surface area (TPSA) is 58.6 Å². The number of nitrogens with one attached hydrogen (secondary N) is 1. The first-order valence-corrected chi connectivity index (χ1v) is 8.37. The first-order chi connectivity index (χ1) is 10.7. The minimum absolute atomic E-state index is 0.0674. The van der Waals surface area contributed by atoms with Crippen molar-refractivity contribution in [1.82, 2.24) is 5.32 Å². The molecule has 4 heteroatoms. The van der Waals surface area contributed by atoms with Gasteiger partial charge in [-0.3, -0.25) is 4.79 Å². The summed E-state index contributed by atoms with van der Waals surface area (Å²) < 4.78 is 5.96. The van der Waals surface area contributed by atoms with Gasteiger partial charge in [0.15, 0.2) is 0 Å². The summed E-state index contributed by atoms with van der Waals surface area (Å²) in [5, 5.41) is 11.7. The third-order valence-electron chi connectivity index (χ3n) is 4.14. The summed E-state index contributed by atoms with van der Waals surface area (Å²) in [6.45, 7) is 2.11. The van der Waals surface area contributed by atoms with Gasteiger partial charge < -0.3 is 15.2 Å². The van der Waals surface area contributed by atoms with Crippen LogP contribution in [0.3, 0.4) is 0 Å². The molecule has 0 spiro atoms. The highest BCUT2D eigenvalue weighted by molar-refractivity contribution is 5.94. The van der Waals surface area contributed by atoms with Crippen molar-refractivity contribution in [2.75, 3.05) is 6.61 Å². The molecule has 0 bridgehead atoms. The van der Waals surface area contributed by atoms with Crippen LogP contribution in [0, 0.1) is 0 Å². The quantitative estimate of drug-likeness (QED) is 0.812. The van der Waals surface area contributed by atoms with Crippen LogP contribution >= 0.6 is 0 Å². The predicted molar refractivity (Wildman–Crippen MR) is 87.2 cm³/mol. The molecule has 0 heterocycles. The fraction of sp³-hybridized carbons (Fsp3) is 0.611. The van der Waals surface area contributed by atoms with Crippen LogP contribution in [0.5, 0.6) is 5.75 Å². The lowest BCUT2D eigenvalue weighted by atomic mass is 9.98. The number of amides is 1. The maximum absolute atomic E-state index is 12.1. The van der Waals surface area contributed by atoms with Crippen molar-refractivity contribution >= 4 is 5.91 Å². The molecular formula is C18H27NO3. The molecule has 1 aromatic carbocycles. The van der Waals surface area contributed by atoms with E-state index in [1.54, 1.807) is 0 Å². The molecule has 0 saturated heterocycles. The molecule has 1 aliphatic rings. The van der Waals surface area contributed by atoms with Crippen molar-refractivity contribution in [3.63, 3.8) is 0 Å². The number of aliphatic hydroxyl groups excluding tert-OH is 1.